The summed E-state index contributed by atoms with van der Waals surface area (Å²) in [6.07, 6.45) is 0.882. The number of aromatic nitrogens is 1. The standard InChI is InChI=1S/C19H22N4O3/c1-12-4-5-14-13(10-12)11-15(21(14)2)16(24)23-8-6-19(7-9-23)17(25)22(3)18(26)20-19/h4-5,10-11H,6-9H2,1-3H3,(H,20,26). The Labute approximate surface area is 151 Å². The third-order valence-electron chi connectivity index (χ3n) is 5.69. The Morgan fingerprint density at radius 1 is 1.12 bits per heavy atom. The number of amides is 4. The van der Waals surface area contributed by atoms with E-state index in [1.54, 1.807) is 4.90 Å². The van der Waals surface area contributed by atoms with Crippen LogP contribution in [0.3, 0.4) is 0 Å². The van der Waals surface area contributed by atoms with Gasteiger partial charge >= 0.3 is 6.03 Å². The lowest BCUT2D eigenvalue weighted by molar-refractivity contribution is -0.131. The van der Waals surface area contributed by atoms with Crippen LogP contribution in [0.25, 0.3) is 10.9 Å². The quantitative estimate of drug-likeness (QED) is 0.791. The molecule has 2 aliphatic rings. The van der Waals surface area contributed by atoms with Gasteiger partial charge in [-0.25, -0.2) is 4.79 Å². The van der Waals surface area contributed by atoms with E-state index in [4.69, 9.17) is 0 Å². The third-order valence-corrected chi connectivity index (χ3v) is 5.69. The minimum Gasteiger partial charge on any atom is -0.340 e. The minimum atomic E-state index is -0.849. The molecule has 2 aliphatic heterocycles. The highest BCUT2D eigenvalue weighted by Crippen LogP contribution is 2.30. The highest BCUT2D eigenvalue weighted by molar-refractivity contribution is 6.07. The summed E-state index contributed by atoms with van der Waals surface area (Å²) in [6.45, 7) is 2.92. The average Bonchev–Trinajstić information content (AvgIpc) is 3.05. The zero-order chi connectivity index (χ0) is 18.6. The van der Waals surface area contributed by atoms with Gasteiger partial charge in [0.2, 0.25) is 0 Å². The number of likely N-dealkylation sites (tertiary alicyclic amines) is 1. The number of fused-ring (bicyclic) bond motifs is 1. The van der Waals surface area contributed by atoms with E-state index < -0.39 is 5.54 Å². The van der Waals surface area contributed by atoms with E-state index in [2.05, 4.69) is 11.4 Å². The molecule has 0 bridgehead atoms. The molecule has 2 saturated heterocycles. The van der Waals surface area contributed by atoms with Crippen LogP contribution in [0.15, 0.2) is 24.3 Å². The van der Waals surface area contributed by atoms with E-state index in [1.165, 1.54) is 7.05 Å². The molecule has 0 atom stereocenters. The summed E-state index contributed by atoms with van der Waals surface area (Å²) in [5.41, 5.74) is 1.97. The summed E-state index contributed by atoms with van der Waals surface area (Å²) < 4.78 is 1.91. The van der Waals surface area contributed by atoms with E-state index >= 15 is 0 Å². The molecule has 7 heteroatoms. The molecule has 1 spiro atoms. The monoisotopic (exact) mass is 354 g/mol. The van der Waals surface area contributed by atoms with Gasteiger partial charge in [-0.15, -0.1) is 0 Å². The molecule has 4 rings (SSSR count). The van der Waals surface area contributed by atoms with Crippen molar-refractivity contribution in [3.63, 3.8) is 0 Å². The van der Waals surface area contributed by atoms with Crippen LogP contribution in [-0.4, -0.2) is 57.9 Å². The van der Waals surface area contributed by atoms with Gasteiger partial charge in [0, 0.05) is 38.1 Å². The Balaban J connectivity index is 1.55. The Kier molecular flexibility index (Phi) is 3.57. The van der Waals surface area contributed by atoms with Gasteiger partial charge in [0.25, 0.3) is 11.8 Å². The molecule has 2 aromatic rings. The summed E-state index contributed by atoms with van der Waals surface area (Å²) >= 11 is 0. The number of nitrogens with zero attached hydrogens (tertiary/aromatic N) is 3. The van der Waals surface area contributed by atoms with Crippen molar-refractivity contribution in [3.05, 3.63) is 35.5 Å². The van der Waals surface area contributed by atoms with Crippen LogP contribution in [0.4, 0.5) is 4.79 Å². The lowest BCUT2D eigenvalue weighted by atomic mass is 9.87. The third kappa shape index (κ3) is 2.30. The first-order chi connectivity index (χ1) is 12.3. The van der Waals surface area contributed by atoms with Gasteiger partial charge in [-0.2, -0.15) is 0 Å². The molecular weight excluding hydrogens is 332 g/mol. The number of aryl methyl sites for hydroxylation is 2. The van der Waals surface area contributed by atoms with Gasteiger partial charge in [0.05, 0.1) is 0 Å². The number of benzene rings is 1. The molecule has 3 heterocycles. The summed E-state index contributed by atoms with van der Waals surface area (Å²) in [6, 6.07) is 7.69. The van der Waals surface area contributed by atoms with E-state index in [0.29, 0.717) is 31.6 Å². The number of piperidine rings is 1. The molecule has 1 N–H and O–H groups in total. The van der Waals surface area contributed by atoms with E-state index in [-0.39, 0.29) is 17.8 Å². The van der Waals surface area contributed by atoms with E-state index in [0.717, 1.165) is 21.4 Å². The van der Waals surface area contributed by atoms with Crippen LogP contribution in [0, 0.1) is 6.92 Å². The molecule has 0 aliphatic carbocycles. The number of hydrogen-bond acceptors (Lipinski definition) is 3. The van der Waals surface area contributed by atoms with Crippen LogP contribution in [0.1, 0.15) is 28.9 Å². The van der Waals surface area contributed by atoms with Crippen molar-refractivity contribution in [2.24, 2.45) is 7.05 Å². The molecule has 0 saturated carbocycles. The fraction of sp³-hybridized carbons (Fsp3) is 0.421. The lowest BCUT2D eigenvalue weighted by Crippen LogP contribution is -2.55. The van der Waals surface area contributed by atoms with Crippen molar-refractivity contribution in [1.82, 2.24) is 19.7 Å². The average molecular weight is 354 g/mol. The summed E-state index contributed by atoms with van der Waals surface area (Å²) in [4.78, 5) is 40.1. The summed E-state index contributed by atoms with van der Waals surface area (Å²) in [5, 5.41) is 3.85. The van der Waals surface area contributed by atoms with Gasteiger partial charge in [-0.05, 0) is 38.0 Å². The lowest BCUT2D eigenvalue weighted by Gasteiger charge is -2.37. The molecule has 136 valence electrons. The number of carbonyl (C=O) groups is 3. The smallest absolute Gasteiger partial charge is 0.324 e. The van der Waals surface area contributed by atoms with Crippen molar-refractivity contribution in [2.75, 3.05) is 20.1 Å². The van der Waals surface area contributed by atoms with Gasteiger partial charge in [-0.1, -0.05) is 11.6 Å². The number of hydrogen-bond donors (Lipinski definition) is 1. The maximum Gasteiger partial charge on any atom is 0.324 e. The fourth-order valence-electron chi connectivity index (χ4n) is 4.02. The molecule has 26 heavy (non-hydrogen) atoms. The van der Waals surface area contributed by atoms with Crippen molar-refractivity contribution in [3.8, 4) is 0 Å². The molecule has 1 aromatic carbocycles. The second-order valence-electron chi connectivity index (χ2n) is 7.32. The van der Waals surface area contributed by atoms with Gasteiger partial charge in [-0.3, -0.25) is 14.5 Å². The topological polar surface area (TPSA) is 74.7 Å². The second-order valence-corrected chi connectivity index (χ2v) is 7.32. The Morgan fingerprint density at radius 3 is 2.42 bits per heavy atom. The fourth-order valence-corrected chi connectivity index (χ4v) is 4.02. The van der Waals surface area contributed by atoms with Gasteiger partial charge in [0.15, 0.2) is 0 Å². The number of imide groups is 1. The number of likely N-dealkylation sites (N-methyl/N-ethyl adjacent to an activating group) is 1. The van der Waals surface area contributed by atoms with E-state index in [1.807, 2.05) is 36.7 Å². The van der Waals surface area contributed by atoms with Crippen LogP contribution in [-0.2, 0) is 11.8 Å². The number of carbonyl (C=O) groups excluding carboxylic acids is 3. The number of rotatable bonds is 1. The molecule has 0 unspecified atom stereocenters. The van der Waals surface area contributed by atoms with Crippen LogP contribution in [0.5, 0.6) is 0 Å². The second kappa shape index (κ2) is 5.59. The first kappa shape index (κ1) is 16.6. The molecule has 4 amide bonds. The highest BCUT2D eigenvalue weighted by Gasteiger charge is 2.51. The predicted octanol–water partition coefficient (Wildman–Crippen LogP) is 1.64. The Hall–Kier alpha value is -2.83. The van der Waals surface area contributed by atoms with Crippen molar-refractivity contribution >= 4 is 28.7 Å². The first-order valence-corrected chi connectivity index (χ1v) is 8.78. The van der Waals surface area contributed by atoms with Crippen molar-refractivity contribution in [1.29, 1.82) is 0 Å². The normalized spacial score (nSPS) is 19.5. The largest absolute Gasteiger partial charge is 0.340 e. The van der Waals surface area contributed by atoms with Gasteiger partial charge in [0.1, 0.15) is 11.2 Å². The summed E-state index contributed by atoms with van der Waals surface area (Å²) in [7, 11) is 3.38. The maximum absolute atomic E-state index is 13.0. The van der Waals surface area contributed by atoms with Gasteiger partial charge < -0.3 is 14.8 Å². The highest BCUT2D eigenvalue weighted by atomic mass is 16.2. The zero-order valence-corrected chi connectivity index (χ0v) is 15.2. The molecular formula is C19H22N4O3. The van der Waals surface area contributed by atoms with Crippen LogP contribution >= 0.6 is 0 Å². The SMILES string of the molecule is Cc1ccc2c(c1)cc(C(=O)N1CCC3(CC1)NC(=O)N(C)C3=O)n2C. The minimum absolute atomic E-state index is 0.0404. The maximum atomic E-state index is 13.0. The molecule has 7 nitrogen and oxygen atoms in total. The van der Waals surface area contributed by atoms with Crippen LogP contribution in [0.2, 0.25) is 0 Å². The molecule has 0 radical (unpaired) electrons. The summed E-state index contributed by atoms with van der Waals surface area (Å²) in [5.74, 6) is -0.240. The van der Waals surface area contributed by atoms with Crippen molar-refractivity contribution in [2.45, 2.75) is 25.3 Å². The predicted molar refractivity (Wildman–Crippen MR) is 96.8 cm³/mol. The Morgan fingerprint density at radius 2 is 1.81 bits per heavy atom. The molecule has 1 aromatic heterocycles. The first-order valence-electron chi connectivity index (χ1n) is 8.78. The van der Waals surface area contributed by atoms with E-state index in [9.17, 15) is 14.4 Å². The number of nitrogens with one attached hydrogen (secondary N) is 1. The van der Waals surface area contributed by atoms with Crippen molar-refractivity contribution < 1.29 is 14.4 Å². The Bertz CT molecular complexity index is 938. The zero-order valence-electron chi connectivity index (χ0n) is 15.2. The van der Waals surface area contributed by atoms with Crippen LogP contribution < -0.4 is 5.32 Å². The molecule has 2 fully saturated rings. The number of urea groups is 1.